The lowest BCUT2D eigenvalue weighted by Gasteiger charge is -2.25. The molecule has 2 aliphatic heterocycles. The summed E-state index contributed by atoms with van der Waals surface area (Å²) in [6, 6.07) is -0.292. The predicted molar refractivity (Wildman–Crippen MR) is 171 cm³/mol. The van der Waals surface area contributed by atoms with Crippen molar-refractivity contribution < 1.29 is 37.5 Å². The molecule has 13 heteroatoms. The van der Waals surface area contributed by atoms with Crippen LogP contribution >= 0.6 is 0 Å². The van der Waals surface area contributed by atoms with Gasteiger partial charge in [-0.1, -0.05) is 35.5 Å². The Labute approximate surface area is 262 Å². The minimum Gasteiger partial charge on any atom is -0.414 e. The highest BCUT2D eigenvalue weighted by Gasteiger charge is 2.47. The first-order chi connectivity index (χ1) is 20.6. The van der Waals surface area contributed by atoms with Gasteiger partial charge in [0.2, 0.25) is 0 Å². The summed E-state index contributed by atoms with van der Waals surface area (Å²) in [7, 11) is -3.11. The van der Waals surface area contributed by atoms with E-state index in [9.17, 15) is 19.2 Å². The number of hydrogen-bond acceptors (Lipinski definition) is 9. The molecule has 0 spiro atoms. The molecule has 4 unspecified atom stereocenters. The molecule has 0 bridgehead atoms. The molecule has 7 rings (SSSR count). The van der Waals surface area contributed by atoms with Crippen LogP contribution in [0.1, 0.15) is 51.4 Å². The van der Waals surface area contributed by atoms with Gasteiger partial charge in [-0.05, 0) is 57.3 Å². The van der Waals surface area contributed by atoms with E-state index in [1.54, 1.807) is 6.08 Å². The summed E-state index contributed by atoms with van der Waals surface area (Å²) in [5.41, 5.74) is 8.33. The van der Waals surface area contributed by atoms with Gasteiger partial charge in [-0.25, -0.2) is 0 Å². The van der Waals surface area contributed by atoms with Crippen LogP contribution in [0, 0.1) is 0 Å². The number of azide groups is 1. The van der Waals surface area contributed by atoms with Crippen molar-refractivity contribution >= 4 is 39.8 Å². The van der Waals surface area contributed by atoms with Gasteiger partial charge >= 0.3 is 0 Å². The van der Waals surface area contributed by atoms with E-state index in [1.807, 2.05) is 18.2 Å². The maximum Gasteiger partial charge on any atom is 0.184 e. The third-order valence-corrected chi connectivity index (χ3v) is 9.14. The Balaban J connectivity index is 0.000000156. The lowest BCUT2D eigenvalue weighted by atomic mass is 10.2. The summed E-state index contributed by atoms with van der Waals surface area (Å²) < 4.78 is 21.6. The molecule has 7 atom stereocenters. The first-order valence-electron chi connectivity index (χ1n) is 15.4. The number of allylic oxidation sites excluding steroid dienone is 3. The Kier molecular flexibility index (Phi) is 13.2. The SMILES string of the molecule is C1=CC2OC2C1.C[Si](C)(C)O[C@@H]1CC(=O)C[C@H]1N=[N+]=[N-].C[Si](C)(C)O[C@H]1C=CC(=O)C1.O=C1CC2OC2C1.O=C1CC=CC1. The maximum atomic E-state index is 11.2. The fourth-order valence-corrected chi connectivity index (χ4v) is 7.31. The van der Waals surface area contributed by atoms with E-state index in [2.05, 4.69) is 61.5 Å². The molecule has 11 nitrogen and oxygen atoms in total. The third kappa shape index (κ3) is 14.1. The van der Waals surface area contributed by atoms with Gasteiger partial charge < -0.3 is 18.3 Å². The molecule has 0 N–H and O–H groups in total. The van der Waals surface area contributed by atoms with Crippen LogP contribution in [0.15, 0.2) is 41.6 Å². The molecule has 2 saturated heterocycles. The molecular formula is C31H47N3O8Si2. The van der Waals surface area contributed by atoms with Crippen LogP contribution in [-0.2, 0) is 37.5 Å². The van der Waals surface area contributed by atoms with Gasteiger partial charge in [0.25, 0.3) is 0 Å². The summed E-state index contributed by atoms with van der Waals surface area (Å²) in [6.45, 7) is 12.6. The van der Waals surface area contributed by atoms with Gasteiger partial charge in [0, 0.05) is 49.9 Å². The third-order valence-electron chi connectivity index (χ3n) is 7.12. The van der Waals surface area contributed by atoms with Crippen molar-refractivity contribution in [2.24, 2.45) is 5.11 Å². The van der Waals surface area contributed by atoms with Gasteiger partial charge in [0.15, 0.2) is 22.4 Å². The topological polar surface area (TPSA) is 161 Å². The van der Waals surface area contributed by atoms with Crippen LogP contribution in [0.5, 0.6) is 0 Å². The second-order valence-corrected chi connectivity index (χ2v) is 22.6. The van der Waals surface area contributed by atoms with Crippen molar-refractivity contribution in [3.05, 3.63) is 46.9 Å². The van der Waals surface area contributed by atoms with Crippen LogP contribution in [0.2, 0.25) is 39.3 Å². The van der Waals surface area contributed by atoms with Crippen LogP contribution in [0.3, 0.4) is 0 Å². The quantitative estimate of drug-likeness (QED) is 0.0916. The van der Waals surface area contributed by atoms with Crippen molar-refractivity contribution in [3.8, 4) is 0 Å². The van der Waals surface area contributed by atoms with Crippen molar-refractivity contribution in [1.82, 2.24) is 0 Å². The number of Topliss-reactive ketones (excluding diaryl/α,β-unsaturated/α-hetero) is 3. The molecule has 0 aromatic rings. The molecule has 7 aliphatic rings. The number of hydrogen-bond donors (Lipinski definition) is 0. The van der Waals surface area contributed by atoms with E-state index in [4.69, 9.17) is 23.9 Å². The van der Waals surface area contributed by atoms with E-state index >= 15 is 0 Å². The highest BCUT2D eigenvalue weighted by Crippen LogP contribution is 2.35. The van der Waals surface area contributed by atoms with E-state index < -0.39 is 16.6 Å². The lowest BCUT2D eigenvalue weighted by Crippen LogP contribution is -2.35. The summed E-state index contributed by atoms with van der Waals surface area (Å²) in [6.07, 6.45) is 18.4. The number of carbonyl (C=O) groups excluding carboxylic acids is 4. The van der Waals surface area contributed by atoms with Gasteiger partial charge in [0.1, 0.15) is 23.5 Å². The minimum absolute atomic E-state index is 0.0640. The number of rotatable bonds is 5. The fourth-order valence-electron chi connectivity index (χ4n) is 5.09. The summed E-state index contributed by atoms with van der Waals surface area (Å²) >= 11 is 0. The summed E-state index contributed by atoms with van der Waals surface area (Å²) in [5.74, 6) is 1.04. The average Bonchev–Trinajstić information content (AvgIpc) is 3.36. The standard InChI is InChI=1S/C8H15N3O2Si.C8H14O2Si.C5H6O2.2C5H6O/c1-14(2,3)13-8-5-6(12)4-7(8)10-11-9;1-11(2,3)10-8-5-4-7(9)6-8;6-3-1-4-5(2-3)7-4;1-2-4-5(3-1)6-4;6-5-3-1-2-4-5/h7-8H,4-5H2,1-3H3;4-5,8H,6H2,1-3H3;4-5H,1-2H2;1-2,4-5H,3H2;1-2H,3-4H2/t7-,8-;8-;;;/m10.../s1. The normalized spacial score (nSPS) is 31.7. The Hall–Kier alpha value is -2.52. The van der Waals surface area contributed by atoms with Crippen LogP contribution in [0.25, 0.3) is 10.4 Å². The minimum atomic E-state index is -1.66. The Bertz CT molecular complexity index is 1180. The average molecular weight is 646 g/mol. The van der Waals surface area contributed by atoms with Gasteiger partial charge in [0.05, 0.1) is 36.6 Å². The Morgan fingerprint density at radius 3 is 1.70 bits per heavy atom. The second kappa shape index (κ2) is 16.2. The molecular weight excluding hydrogens is 599 g/mol. The highest BCUT2D eigenvalue weighted by molar-refractivity contribution is 6.70. The highest BCUT2D eigenvalue weighted by atomic mass is 28.4. The first kappa shape index (κ1) is 36.0. The van der Waals surface area contributed by atoms with Crippen LogP contribution in [-0.4, -0.2) is 82.4 Å². The number of fused-ring (bicyclic) bond motifs is 2. The number of ketones is 4. The molecule has 0 aromatic carbocycles. The molecule has 242 valence electrons. The molecule has 44 heavy (non-hydrogen) atoms. The van der Waals surface area contributed by atoms with Crippen molar-refractivity contribution in [2.45, 2.75) is 133 Å². The summed E-state index contributed by atoms with van der Waals surface area (Å²) in [4.78, 5) is 45.3. The second-order valence-electron chi connectivity index (χ2n) is 13.7. The van der Waals surface area contributed by atoms with Crippen LogP contribution in [0.4, 0.5) is 0 Å². The van der Waals surface area contributed by atoms with Crippen molar-refractivity contribution in [2.75, 3.05) is 0 Å². The zero-order valence-electron chi connectivity index (χ0n) is 26.8. The first-order valence-corrected chi connectivity index (χ1v) is 22.2. The fraction of sp³-hybridized carbons (Fsp3) is 0.677. The lowest BCUT2D eigenvalue weighted by molar-refractivity contribution is -0.119. The van der Waals surface area contributed by atoms with E-state index in [1.165, 1.54) is 0 Å². The van der Waals surface area contributed by atoms with Gasteiger partial charge in [-0.2, -0.15) is 0 Å². The Morgan fingerprint density at radius 1 is 0.750 bits per heavy atom. The smallest absolute Gasteiger partial charge is 0.184 e. The maximum absolute atomic E-state index is 11.2. The predicted octanol–water partition coefficient (Wildman–Crippen LogP) is 5.72. The van der Waals surface area contributed by atoms with Crippen molar-refractivity contribution in [3.63, 3.8) is 0 Å². The largest absolute Gasteiger partial charge is 0.414 e. The molecule has 0 amide bonds. The number of ether oxygens (including phenoxy) is 2. The number of epoxide rings is 2. The zero-order valence-corrected chi connectivity index (χ0v) is 28.8. The van der Waals surface area contributed by atoms with Crippen molar-refractivity contribution in [1.29, 1.82) is 0 Å². The molecule has 5 aliphatic carbocycles. The van der Waals surface area contributed by atoms with Gasteiger partial charge in [-0.15, -0.1) is 0 Å². The Morgan fingerprint density at radius 2 is 1.36 bits per heavy atom. The molecule has 2 saturated carbocycles. The number of nitrogens with zero attached hydrogens (tertiary/aromatic N) is 3. The summed E-state index contributed by atoms with van der Waals surface area (Å²) in [5, 5.41) is 3.60. The zero-order chi connectivity index (χ0) is 32.5. The molecule has 0 radical (unpaired) electrons. The van der Waals surface area contributed by atoms with Crippen LogP contribution < -0.4 is 0 Å². The van der Waals surface area contributed by atoms with E-state index in [0.29, 0.717) is 80.9 Å². The monoisotopic (exact) mass is 645 g/mol. The van der Waals surface area contributed by atoms with E-state index in [-0.39, 0.29) is 29.8 Å². The van der Waals surface area contributed by atoms with Gasteiger partial charge in [-0.3, -0.25) is 19.2 Å². The number of carbonyl (C=O) groups is 4. The molecule has 2 heterocycles. The van der Waals surface area contributed by atoms with E-state index in [0.717, 1.165) is 6.42 Å². The molecule has 4 fully saturated rings. The molecule has 0 aromatic heterocycles.